The van der Waals surface area contributed by atoms with Crippen molar-refractivity contribution < 1.29 is 18.8 Å². The van der Waals surface area contributed by atoms with Gasteiger partial charge in [-0.15, -0.1) is 0 Å². The molecule has 0 aromatic heterocycles. The van der Waals surface area contributed by atoms with Crippen molar-refractivity contribution in [3.63, 3.8) is 0 Å². The molecule has 92 valence electrons. The smallest absolute Gasteiger partial charge is 0.341 e. The van der Waals surface area contributed by atoms with E-state index in [1.54, 1.807) is 13.0 Å². The molecule has 0 bridgehead atoms. The molecule has 6 heteroatoms. The zero-order chi connectivity index (χ0) is 12.8. The average Bonchev–Trinajstić information content (AvgIpc) is 2.28. The van der Waals surface area contributed by atoms with Gasteiger partial charge in [0.25, 0.3) is 0 Å². The molecule has 0 fully saturated rings. The molecule has 0 heterocycles. The van der Waals surface area contributed by atoms with Crippen molar-refractivity contribution in [2.24, 2.45) is 10.9 Å². The number of ether oxygens (including phenoxy) is 1. The Morgan fingerprint density at radius 3 is 2.82 bits per heavy atom. The first-order valence-electron chi connectivity index (χ1n) is 4.84. The van der Waals surface area contributed by atoms with Crippen LogP contribution in [0.4, 0.5) is 4.39 Å². The van der Waals surface area contributed by atoms with Crippen LogP contribution in [0.15, 0.2) is 23.4 Å². The molecule has 0 atom stereocenters. The third-order valence-corrected chi connectivity index (χ3v) is 1.92. The highest BCUT2D eigenvalue weighted by Crippen LogP contribution is 2.15. The summed E-state index contributed by atoms with van der Waals surface area (Å²) in [5, 5.41) is 3.50. The number of hydrogen-bond donors (Lipinski definition) is 1. The average molecular weight is 240 g/mol. The van der Waals surface area contributed by atoms with Crippen molar-refractivity contribution in [1.29, 1.82) is 0 Å². The van der Waals surface area contributed by atoms with Crippen LogP contribution in [0.25, 0.3) is 0 Å². The minimum Gasteiger partial charge on any atom is -0.465 e. The van der Waals surface area contributed by atoms with Gasteiger partial charge in [-0.3, -0.25) is 0 Å². The summed E-state index contributed by atoms with van der Waals surface area (Å²) >= 11 is 0. The summed E-state index contributed by atoms with van der Waals surface area (Å²) in [4.78, 5) is 16.2. The molecular formula is C11H13FN2O3. The summed E-state index contributed by atoms with van der Waals surface area (Å²) in [6, 6.07) is 4.20. The van der Waals surface area contributed by atoms with Gasteiger partial charge in [0.05, 0.1) is 7.11 Å². The lowest BCUT2D eigenvalue weighted by Crippen LogP contribution is -2.10. The molecule has 0 saturated carbocycles. The maximum Gasteiger partial charge on any atom is 0.341 e. The van der Waals surface area contributed by atoms with Crippen molar-refractivity contribution in [2.45, 2.75) is 13.5 Å². The van der Waals surface area contributed by atoms with E-state index >= 15 is 0 Å². The zero-order valence-corrected chi connectivity index (χ0v) is 9.57. The standard InChI is InChI=1S/C11H13FN2O3/c1-7(13)14-17-6-8-4-3-5-9(12)10(8)11(15)16-2/h3-5H,6H2,1-2H3,(H2,13,14). The third kappa shape index (κ3) is 3.44. The Bertz CT molecular complexity index is 442. The fourth-order valence-corrected chi connectivity index (χ4v) is 1.22. The number of amidine groups is 1. The monoisotopic (exact) mass is 240 g/mol. The van der Waals surface area contributed by atoms with Crippen LogP contribution >= 0.6 is 0 Å². The van der Waals surface area contributed by atoms with Crippen molar-refractivity contribution in [3.05, 3.63) is 35.1 Å². The molecular weight excluding hydrogens is 227 g/mol. The molecule has 5 nitrogen and oxygen atoms in total. The predicted molar refractivity (Wildman–Crippen MR) is 59.8 cm³/mol. The molecule has 0 radical (unpaired) electrons. The fourth-order valence-electron chi connectivity index (χ4n) is 1.22. The van der Waals surface area contributed by atoms with Crippen molar-refractivity contribution in [3.8, 4) is 0 Å². The number of esters is 1. The minimum atomic E-state index is -0.754. The second-order valence-electron chi connectivity index (χ2n) is 3.27. The van der Waals surface area contributed by atoms with E-state index in [2.05, 4.69) is 9.89 Å². The molecule has 1 aromatic rings. The first-order chi connectivity index (χ1) is 8.06. The van der Waals surface area contributed by atoms with Gasteiger partial charge in [0, 0.05) is 5.56 Å². The van der Waals surface area contributed by atoms with E-state index in [0.717, 1.165) is 0 Å². The van der Waals surface area contributed by atoms with Crippen LogP contribution in [0, 0.1) is 5.82 Å². The lowest BCUT2D eigenvalue weighted by Gasteiger charge is -2.07. The van der Waals surface area contributed by atoms with Gasteiger partial charge in [-0.05, 0) is 13.0 Å². The van der Waals surface area contributed by atoms with E-state index in [1.165, 1.54) is 19.2 Å². The van der Waals surface area contributed by atoms with Crippen LogP contribution in [0.3, 0.4) is 0 Å². The van der Waals surface area contributed by atoms with Gasteiger partial charge in [0.2, 0.25) is 0 Å². The van der Waals surface area contributed by atoms with E-state index in [4.69, 9.17) is 10.6 Å². The van der Waals surface area contributed by atoms with Gasteiger partial charge in [-0.1, -0.05) is 17.3 Å². The van der Waals surface area contributed by atoms with Crippen LogP contribution in [-0.2, 0) is 16.2 Å². The Hall–Kier alpha value is -2.11. The molecule has 0 amide bonds. The molecule has 0 aliphatic heterocycles. The van der Waals surface area contributed by atoms with E-state index in [1.807, 2.05) is 0 Å². The summed E-state index contributed by atoms with van der Waals surface area (Å²) in [6.45, 7) is 1.49. The van der Waals surface area contributed by atoms with Gasteiger partial charge >= 0.3 is 5.97 Å². The number of oxime groups is 1. The molecule has 17 heavy (non-hydrogen) atoms. The maximum absolute atomic E-state index is 13.5. The minimum absolute atomic E-state index is 0.0588. The van der Waals surface area contributed by atoms with Crippen LogP contribution in [0.5, 0.6) is 0 Å². The number of hydrogen-bond acceptors (Lipinski definition) is 4. The second kappa shape index (κ2) is 5.83. The molecule has 0 aliphatic carbocycles. The number of carbonyl (C=O) groups excluding carboxylic acids is 1. The van der Waals surface area contributed by atoms with Crippen LogP contribution < -0.4 is 5.73 Å². The molecule has 0 saturated heterocycles. The summed E-state index contributed by atoms with van der Waals surface area (Å²) in [5.74, 6) is -1.18. The Kier molecular flexibility index (Phi) is 4.45. The van der Waals surface area contributed by atoms with Crippen molar-refractivity contribution in [1.82, 2.24) is 0 Å². The number of rotatable bonds is 4. The number of benzene rings is 1. The number of nitrogens with two attached hydrogens (primary N) is 1. The lowest BCUT2D eigenvalue weighted by molar-refractivity contribution is 0.0587. The Labute approximate surface area is 98.0 Å². The summed E-state index contributed by atoms with van der Waals surface area (Å²) < 4.78 is 17.9. The fraction of sp³-hybridized carbons (Fsp3) is 0.273. The molecule has 0 unspecified atom stereocenters. The third-order valence-electron chi connectivity index (χ3n) is 1.92. The van der Waals surface area contributed by atoms with Gasteiger partial charge in [-0.2, -0.15) is 0 Å². The van der Waals surface area contributed by atoms with Crippen LogP contribution in [-0.4, -0.2) is 18.9 Å². The Morgan fingerprint density at radius 2 is 2.24 bits per heavy atom. The van der Waals surface area contributed by atoms with Gasteiger partial charge in [0.15, 0.2) is 0 Å². The Morgan fingerprint density at radius 1 is 1.53 bits per heavy atom. The normalized spacial score (nSPS) is 11.1. The summed E-state index contributed by atoms with van der Waals surface area (Å²) in [6.07, 6.45) is 0. The SMILES string of the molecule is COC(=O)c1c(F)cccc1CON=C(C)N. The van der Waals surface area contributed by atoms with Crippen molar-refractivity contribution >= 4 is 11.8 Å². The highest BCUT2D eigenvalue weighted by molar-refractivity contribution is 5.91. The Balaban J connectivity index is 2.95. The van der Waals surface area contributed by atoms with E-state index in [0.29, 0.717) is 5.56 Å². The summed E-state index contributed by atoms with van der Waals surface area (Å²) in [7, 11) is 1.18. The van der Waals surface area contributed by atoms with Gasteiger partial charge in [0.1, 0.15) is 23.8 Å². The first kappa shape index (κ1) is 13.0. The second-order valence-corrected chi connectivity index (χ2v) is 3.27. The number of nitrogens with zero attached hydrogens (tertiary/aromatic N) is 1. The zero-order valence-electron chi connectivity index (χ0n) is 9.57. The highest BCUT2D eigenvalue weighted by atomic mass is 19.1. The molecule has 1 rings (SSSR count). The largest absolute Gasteiger partial charge is 0.465 e. The molecule has 0 spiro atoms. The number of carbonyl (C=O) groups is 1. The van der Waals surface area contributed by atoms with E-state index < -0.39 is 11.8 Å². The van der Waals surface area contributed by atoms with Gasteiger partial charge < -0.3 is 15.3 Å². The topological polar surface area (TPSA) is 73.9 Å². The number of methoxy groups -OCH3 is 1. The van der Waals surface area contributed by atoms with E-state index in [-0.39, 0.29) is 18.0 Å². The molecule has 1 aromatic carbocycles. The number of halogens is 1. The van der Waals surface area contributed by atoms with Crippen molar-refractivity contribution in [2.75, 3.05) is 7.11 Å². The molecule has 2 N–H and O–H groups in total. The van der Waals surface area contributed by atoms with E-state index in [9.17, 15) is 9.18 Å². The highest BCUT2D eigenvalue weighted by Gasteiger charge is 2.17. The lowest BCUT2D eigenvalue weighted by atomic mass is 10.1. The first-order valence-corrected chi connectivity index (χ1v) is 4.84. The quantitative estimate of drug-likeness (QED) is 0.374. The predicted octanol–water partition coefficient (Wildman–Crippen LogP) is 1.42. The maximum atomic E-state index is 13.5. The van der Waals surface area contributed by atoms with Crippen LogP contribution in [0.2, 0.25) is 0 Å². The molecule has 0 aliphatic rings. The van der Waals surface area contributed by atoms with Gasteiger partial charge in [-0.25, -0.2) is 9.18 Å². The summed E-state index contributed by atoms with van der Waals surface area (Å²) in [5.41, 5.74) is 5.47. The van der Waals surface area contributed by atoms with Crippen LogP contribution in [0.1, 0.15) is 22.8 Å².